The number of nitrogens with two attached hydrogens (primary N) is 1. The third-order valence-corrected chi connectivity index (χ3v) is 2.43. The van der Waals surface area contributed by atoms with Crippen molar-refractivity contribution in [1.82, 2.24) is 15.4 Å². The molecule has 0 saturated carbocycles. The highest BCUT2D eigenvalue weighted by Crippen LogP contribution is 2.04. The van der Waals surface area contributed by atoms with E-state index in [1.165, 1.54) is 6.20 Å². The first kappa shape index (κ1) is 11.8. The van der Waals surface area contributed by atoms with E-state index < -0.39 is 0 Å². The molecule has 17 heavy (non-hydrogen) atoms. The van der Waals surface area contributed by atoms with Crippen molar-refractivity contribution < 1.29 is 9.53 Å². The highest BCUT2D eigenvalue weighted by atomic mass is 16.5. The molecule has 1 saturated heterocycles. The van der Waals surface area contributed by atoms with Gasteiger partial charge in [-0.3, -0.25) is 16.1 Å². The van der Waals surface area contributed by atoms with Gasteiger partial charge in [0.05, 0.1) is 25.1 Å². The lowest BCUT2D eigenvalue weighted by Crippen LogP contribution is -2.48. The first-order valence-electron chi connectivity index (χ1n) is 5.36. The Kier molecular flexibility index (Phi) is 3.86. The molecule has 1 aromatic rings. The molecule has 1 aromatic heterocycles. The quantitative estimate of drug-likeness (QED) is 0.477. The van der Waals surface area contributed by atoms with Crippen LogP contribution < -0.4 is 16.7 Å². The molecule has 1 aliphatic rings. The number of nitrogens with zero attached hydrogens (tertiary/aromatic N) is 2. The topological polar surface area (TPSA) is 92.5 Å². The van der Waals surface area contributed by atoms with E-state index in [1.54, 1.807) is 12.1 Å². The Balaban J connectivity index is 1.93. The number of aromatic nitrogens is 1. The Morgan fingerprint density at radius 3 is 2.76 bits per heavy atom. The maximum atomic E-state index is 11.8. The molecule has 0 aliphatic carbocycles. The van der Waals surface area contributed by atoms with Gasteiger partial charge in [0.1, 0.15) is 5.69 Å². The Bertz CT molecular complexity index is 375. The van der Waals surface area contributed by atoms with E-state index in [4.69, 9.17) is 10.6 Å². The smallest absolute Gasteiger partial charge is 0.284 e. The lowest BCUT2D eigenvalue weighted by molar-refractivity contribution is 0.0124. The Hall–Kier alpha value is -1.70. The highest BCUT2D eigenvalue weighted by molar-refractivity contribution is 5.92. The van der Waals surface area contributed by atoms with Crippen molar-refractivity contribution in [1.29, 1.82) is 0 Å². The number of amides is 1. The minimum absolute atomic E-state index is 0.226. The lowest BCUT2D eigenvalue weighted by Gasteiger charge is -2.26. The van der Waals surface area contributed by atoms with Gasteiger partial charge in [-0.1, -0.05) is 0 Å². The number of pyridine rings is 1. The summed E-state index contributed by atoms with van der Waals surface area (Å²) in [6.45, 7) is 2.63. The van der Waals surface area contributed by atoms with Crippen LogP contribution in [0.1, 0.15) is 10.5 Å². The van der Waals surface area contributed by atoms with Gasteiger partial charge >= 0.3 is 0 Å². The van der Waals surface area contributed by atoms with Crippen molar-refractivity contribution in [3.8, 4) is 0 Å². The first-order valence-corrected chi connectivity index (χ1v) is 5.36. The summed E-state index contributed by atoms with van der Waals surface area (Å²) >= 11 is 0. The first-order chi connectivity index (χ1) is 8.29. The van der Waals surface area contributed by atoms with E-state index in [9.17, 15) is 4.79 Å². The van der Waals surface area contributed by atoms with Gasteiger partial charge in [0.15, 0.2) is 0 Å². The molecule has 0 atom stereocenters. The van der Waals surface area contributed by atoms with Crippen LogP contribution in [-0.2, 0) is 4.74 Å². The summed E-state index contributed by atoms with van der Waals surface area (Å²) in [6, 6.07) is 3.31. The molecule has 0 aromatic carbocycles. The van der Waals surface area contributed by atoms with E-state index in [0.29, 0.717) is 37.7 Å². The van der Waals surface area contributed by atoms with E-state index in [0.717, 1.165) is 0 Å². The minimum atomic E-state index is -0.226. The number of carbonyl (C=O) groups excluding carboxylic acids is 1. The van der Waals surface area contributed by atoms with E-state index in [2.05, 4.69) is 15.8 Å². The highest BCUT2D eigenvalue weighted by Gasteiger charge is 2.14. The second-order valence-electron chi connectivity index (χ2n) is 3.62. The third kappa shape index (κ3) is 3.13. The molecule has 7 nitrogen and oxygen atoms in total. The maximum absolute atomic E-state index is 11.8. The molecule has 2 rings (SSSR count). The maximum Gasteiger partial charge on any atom is 0.284 e. The molecule has 0 radical (unpaired) electrons. The number of hydrogen-bond acceptors (Lipinski definition) is 6. The summed E-state index contributed by atoms with van der Waals surface area (Å²) < 4.78 is 5.19. The summed E-state index contributed by atoms with van der Waals surface area (Å²) in [6.07, 6.45) is 1.51. The number of ether oxygens (including phenoxy) is 1. The van der Waals surface area contributed by atoms with Crippen molar-refractivity contribution in [3.05, 3.63) is 24.0 Å². The zero-order chi connectivity index (χ0) is 12.1. The number of nitrogen functional groups attached to an aromatic ring is 1. The van der Waals surface area contributed by atoms with Gasteiger partial charge in [-0.15, -0.1) is 0 Å². The van der Waals surface area contributed by atoms with Crippen molar-refractivity contribution >= 4 is 11.6 Å². The summed E-state index contributed by atoms with van der Waals surface area (Å²) in [5.74, 6) is 4.99. The van der Waals surface area contributed by atoms with Crippen molar-refractivity contribution in [2.24, 2.45) is 5.84 Å². The summed E-state index contributed by atoms with van der Waals surface area (Å²) in [5, 5.41) is 1.82. The Morgan fingerprint density at radius 2 is 2.18 bits per heavy atom. The van der Waals surface area contributed by atoms with Gasteiger partial charge in [-0.2, -0.15) is 0 Å². The lowest BCUT2D eigenvalue weighted by atomic mass is 10.3. The van der Waals surface area contributed by atoms with Gasteiger partial charge in [0, 0.05) is 13.1 Å². The monoisotopic (exact) mass is 237 g/mol. The van der Waals surface area contributed by atoms with E-state index >= 15 is 0 Å². The molecule has 1 fully saturated rings. The van der Waals surface area contributed by atoms with Crippen LogP contribution in [0.5, 0.6) is 0 Å². The zero-order valence-corrected chi connectivity index (χ0v) is 9.35. The van der Waals surface area contributed by atoms with Crippen LogP contribution in [0.2, 0.25) is 0 Å². The molecule has 92 valence electrons. The van der Waals surface area contributed by atoms with Crippen molar-refractivity contribution in [3.63, 3.8) is 0 Å². The van der Waals surface area contributed by atoms with Crippen LogP contribution in [0.25, 0.3) is 0 Å². The number of morpholine rings is 1. The zero-order valence-electron chi connectivity index (χ0n) is 9.35. The molecule has 0 bridgehead atoms. The number of anilines is 1. The fraction of sp³-hybridized carbons (Fsp3) is 0.400. The molecular weight excluding hydrogens is 222 g/mol. The molecule has 2 heterocycles. The second kappa shape index (κ2) is 5.58. The van der Waals surface area contributed by atoms with Crippen LogP contribution in [0, 0.1) is 0 Å². The second-order valence-corrected chi connectivity index (χ2v) is 3.62. The molecule has 0 unspecified atom stereocenters. The fourth-order valence-corrected chi connectivity index (χ4v) is 1.49. The van der Waals surface area contributed by atoms with Gasteiger partial charge in [-0.25, -0.2) is 9.99 Å². The van der Waals surface area contributed by atoms with Crippen molar-refractivity contribution in [2.45, 2.75) is 0 Å². The molecule has 4 N–H and O–H groups in total. The predicted octanol–water partition coefficient (Wildman–Crippen LogP) is -0.656. The summed E-state index contributed by atoms with van der Waals surface area (Å²) in [4.78, 5) is 15.8. The van der Waals surface area contributed by atoms with Crippen LogP contribution in [0.3, 0.4) is 0 Å². The summed E-state index contributed by atoms with van der Waals surface area (Å²) in [5.41, 5.74) is 6.24. The van der Waals surface area contributed by atoms with Gasteiger partial charge in [0.2, 0.25) is 0 Å². The molecular formula is C10H15N5O2. The Labute approximate surface area is 98.9 Å². The summed E-state index contributed by atoms with van der Waals surface area (Å²) in [7, 11) is 0. The van der Waals surface area contributed by atoms with Crippen LogP contribution in [0.4, 0.5) is 5.69 Å². The van der Waals surface area contributed by atoms with Gasteiger partial charge < -0.3 is 10.2 Å². The average molecular weight is 237 g/mol. The van der Waals surface area contributed by atoms with E-state index in [-0.39, 0.29) is 5.91 Å². The standard InChI is InChI=1S/C10H15N5O2/c11-13-8-1-2-9(12-7-8)10(16)14-15-3-5-17-6-4-15/h1-2,7,13H,3-6,11H2,(H,14,16). The number of hydrazine groups is 2. The van der Waals surface area contributed by atoms with Gasteiger partial charge in [0.25, 0.3) is 5.91 Å². The van der Waals surface area contributed by atoms with Crippen LogP contribution in [-0.4, -0.2) is 42.2 Å². The molecule has 1 aliphatic heterocycles. The molecule has 0 spiro atoms. The number of nitrogens with one attached hydrogen (secondary N) is 2. The predicted molar refractivity (Wildman–Crippen MR) is 61.9 cm³/mol. The van der Waals surface area contributed by atoms with Crippen molar-refractivity contribution in [2.75, 3.05) is 31.7 Å². The normalized spacial score (nSPS) is 16.5. The fourth-order valence-electron chi connectivity index (χ4n) is 1.49. The minimum Gasteiger partial charge on any atom is -0.379 e. The number of hydrogen-bond donors (Lipinski definition) is 3. The SMILES string of the molecule is NNc1ccc(C(=O)NN2CCOCC2)nc1. The third-order valence-electron chi connectivity index (χ3n) is 2.43. The van der Waals surface area contributed by atoms with Gasteiger partial charge in [-0.05, 0) is 12.1 Å². The molecule has 7 heteroatoms. The Morgan fingerprint density at radius 1 is 1.41 bits per heavy atom. The average Bonchev–Trinajstić information content (AvgIpc) is 2.40. The number of rotatable bonds is 3. The van der Waals surface area contributed by atoms with E-state index in [1.807, 2.05) is 5.01 Å². The molecule has 1 amide bonds. The van der Waals surface area contributed by atoms with Crippen LogP contribution in [0.15, 0.2) is 18.3 Å². The number of carbonyl (C=O) groups is 1. The largest absolute Gasteiger partial charge is 0.379 e. The van der Waals surface area contributed by atoms with Crippen LogP contribution >= 0.6 is 0 Å².